The molecule has 0 bridgehead atoms. The minimum Gasteiger partial charge on any atom is -0.481 e. The number of rotatable bonds is 15. The van der Waals surface area contributed by atoms with Crippen LogP contribution in [0.25, 0.3) is 0 Å². The molecule has 3 nitrogen and oxygen atoms in total. The summed E-state index contributed by atoms with van der Waals surface area (Å²) in [6, 6.07) is 0. The zero-order chi connectivity index (χ0) is 16.3. The molecule has 128 valence electrons. The molecule has 0 aromatic carbocycles. The Kier molecular flexibility index (Phi) is 17.2. The van der Waals surface area contributed by atoms with Gasteiger partial charge in [-0.2, -0.15) is 0 Å². The first kappa shape index (κ1) is 21.0. The van der Waals surface area contributed by atoms with E-state index >= 15 is 0 Å². The number of carbonyl (C=O) groups is 1. The molecule has 2 N–H and O–H groups in total. The van der Waals surface area contributed by atoms with Crippen LogP contribution in [0.2, 0.25) is 0 Å². The normalized spacial score (nSPS) is 10.2. The fourth-order valence-corrected chi connectivity index (χ4v) is 2.41. The Bertz CT molecular complexity index is 302. The van der Waals surface area contributed by atoms with Crippen LogP contribution in [-0.2, 0) is 4.79 Å². The van der Waals surface area contributed by atoms with Crippen LogP contribution in [-0.4, -0.2) is 22.8 Å². The predicted molar refractivity (Wildman–Crippen MR) is 91.8 cm³/mol. The van der Waals surface area contributed by atoms with Gasteiger partial charge >= 0.3 is 5.97 Å². The van der Waals surface area contributed by atoms with E-state index in [0.717, 1.165) is 44.9 Å². The lowest BCUT2D eigenvalue weighted by atomic mass is 10.1. The van der Waals surface area contributed by atoms with Crippen molar-refractivity contribution in [2.24, 2.45) is 0 Å². The van der Waals surface area contributed by atoms with Gasteiger partial charge in [-0.05, 0) is 25.7 Å². The largest absolute Gasteiger partial charge is 0.481 e. The van der Waals surface area contributed by atoms with E-state index in [0.29, 0.717) is 13.0 Å². The van der Waals surface area contributed by atoms with Crippen LogP contribution in [0, 0.1) is 11.8 Å². The van der Waals surface area contributed by atoms with Crippen LogP contribution in [0.15, 0.2) is 0 Å². The number of carboxylic acids is 1. The first-order valence-corrected chi connectivity index (χ1v) is 9.05. The summed E-state index contributed by atoms with van der Waals surface area (Å²) in [5.41, 5.74) is 0. The van der Waals surface area contributed by atoms with Crippen molar-refractivity contribution in [3.05, 3.63) is 0 Å². The number of aliphatic carboxylic acids is 1. The second kappa shape index (κ2) is 18.0. The zero-order valence-electron chi connectivity index (χ0n) is 14.1. The Hall–Kier alpha value is -1.01. The van der Waals surface area contributed by atoms with E-state index in [1.54, 1.807) is 0 Å². The van der Waals surface area contributed by atoms with E-state index in [2.05, 4.69) is 11.8 Å². The van der Waals surface area contributed by atoms with Crippen molar-refractivity contribution in [3.8, 4) is 11.8 Å². The summed E-state index contributed by atoms with van der Waals surface area (Å²) in [7, 11) is 0. The van der Waals surface area contributed by atoms with Crippen molar-refractivity contribution in [3.63, 3.8) is 0 Å². The summed E-state index contributed by atoms with van der Waals surface area (Å²) < 4.78 is 0. The molecule has 0 amide bonds. The van der Waals surface area contributed by atoms with E-state index in [-0.39, 0.29) is 0 Å². The molecular weight excluding hydrogens is 276 g/mol. The van der Waals surface area contributed by atoms with E-state index in [1.807, 2.05) is 0 Å². The molecule has 0 aromatic rings. The average Bonchev–Trinajstić information content (AvgIpc) is 2.50. The topological polar surface area (TPSA) is 57.5 Å². The maximum atomic E-state index is 10.3. The van der Waals surface area contributed by atoms with Crippen LogP contribution < -0.4 is 0 Å². The summed E-state index contributed by atoms with van der Waals surface area (Å²) in [5.74, 6) is 5.77. The molecule has 0 atom stereocenters. The molecular formula is C19H34O3. The molecule has 0 fully saturated rings. The number of carboxylic acid groups (broad SMARTS) is 1. The van der Waals surface area contributed by atoms with Crippen LogP contribution in [0.5, 0.6) is 0 Å². The molecule has 0 aliphatic rings. The Labute approximate surface area is 136 Å². The molecule has 0 saturated heterocycles. The van der Waals surface area contributed by atoms with Gasteiger partial charge in [0.05, 0.1) is 0 Å². The highest BCUT2D eigenvalue weighted by atomic mass is 16.4. The van der Waals surface area contributed by atoms with E-state index in [4.69, 9.17) is 10.2 Å². The maximum absolute atomic E-state index is 10.3. The Balaban J connectivity index is 3.08. The lowest BCUT2D eigenvalue weighted by Crippen LogP contribution is -1.93. The smallest absolute Gasteiger partial charge is 0.303 e. The van der Waals surface area contributed by atoms with Gasteiger partial charge in [-0.25, -0.2) is 0 Å². The third-order valence-electron chi connectivity index (χ3n) is 3.78. The number of aliphatic hydroxyl groups is 1. The van der Waals surface area contributed by atoms with Gasteiger partial charge in [0.1, 0.15) is 0 Å². The van der Waals surface area contributed by atoms with E-state index in [1.165, 1.54) is 44.9 Å². The zero-order valence-corrected chi connectivity index (χ0v) is 14.1. The molecule has 0 heterocycles. The third kappa shape index (κ3) is 19.0. The minimum atomic E-state index is -0.673. The first-order chi connectivity index (χ1) is 10.8. The second-order valence-electron chi connectivity index (χ2n) is 5.96. The minimum absolute atomic E-state index is 0.301. The number of hydrogen-bond donors (Lipinski definition) is 2. The Morgan fingerprint density at radius 1 is 0.636 bits per heavy atom. The highest BCUT2D eigenvalue weighted by molar-refractivity contribution is 5.66. The summed E-state index contributed by atoms with van der Waals surface area (Å²) in [4.78, 5) is 10.3. The van der Waals surface area contributed by atoms with E-state index in [9.17, 15) is 4.79 Å². The van der Waals surface area contributed by atoms with Gasteiger partial charge in [0.15, 0.2) is 0 Å². The van der Waals surface area contributed by atoms with Gasteiger partial charge < -0.3 is 10.2 Å². The van der Waals surface area contributed by atoms with Gasteiger partial charge in [-0.3, -0.25) is 4.79 Å². The van der Waals surface area contributed by atoms with Gasteiger partial charge in [-0.1, -0.05) is 51.4 Å². The van der Waals surface area contributed by atoms with Crippen molar-refractivity contribution < 1.29 is 15.0 Å². The van der Waals surface area contributed by atoms with Crippen LogP contribution in [0.4, 0.5) is 0 Å². The quantitative estimate of drug-likeness (QED) is 0.333. The molecule has 0 spiro atoms. The second-order valence-corrected chi connectivity index (χ2v) is 5.96. The SMILES string of the molecule is O=C(O)CCCCCCCCCCCC#CCCCCCO. The molecule has 0 aliphatic carbocycles. The fraction of sp³-hybridized carbons (Fsp3) is 0.842. The number of hydrogen-bond acceptors (Lipinski definition) is 2. The lowest BCUT2D eigenvalue weighted by Gasteiger charge is -2.01. The van der Waals surface area contributed by atoms with Crippen LogP contribution in [0.1, 0.15) is 96.3 Å². The molecule has 0 saturated carbocycles. The van der Waals surface area contributed by atoms with Gasteiger partial charge in [0, 0.05) is 25.9 Å². The highest BCUT2D eigenvalue weighted by Crippen LogP contribution is 2.11. The monoisotopic (exact) mass is 310 g/mol. The van der Waals surface area contributed by atoms with Gasteiger partial charge in [-0.15, -0.1) is 11.8 Å². The van der Waals surface area contributed by atoms with Crippen molar-refractivity contribution in [1.82, 2.24) is 0 Å². The average molecular weight is 310 g/mol. The summed E-state index contributed by atoms with van der Waals surface area (Å²) >= 11 is 0. The lowest BCUT2D eigenvalue weighted by molar-refractivity contribution is -0.137. The maximum Gasteiger partial charge on any atom is 0.303 e. The predicted octanol–water partition coefficient (Wildman–Crippen LogP) is 4.92. The van der Waals surface area contributed by atoms with Crippen molar-refractivity contribution in [1.29, 1.82) is 0 Å². The number of aliphatic hydroxyl groups excluding tert-OH is 1. The van der Waals surface area contributed by atoms with Crippen LogP contribution in [0.3, 0.4) is 0 Å². The summed E-state index contributed by atoms with van der Waals surface area (Å²) in [6.45, 7) is 0.301. The van der Waals surface area contributed by atoms with Gasteiger partial charge in [0.25, 0.3) is 0 Å². The van der Waals surface area contributed by atoms with E-state index < -0.39 is 5.97 Å². The third-order valence-corrected chi connectivity index (χ3v) is 3.78. The fourth-order valence-electron chi connectivity index (χ4n) is 2.41. The molecule has 0 unspecified atom stereocenters. The van der Waals surface area contributed by atoms with Crippen molar-refractivity contribution in [2.75, 3.05) is 6.61 Å². The Morgan fingerprint density at radius 2 is 1.05 bits per heavy atom. The number of unbranched alkanes of at least 4 members (excludes halogenated alkanes) is 12. The molecule has 0 aliphatic heterocycles. The summed E-state index contributed by atoms with van der Waals surface area (Å²) in [5, 5.41) is 17.2. The Morgan fingerprint density at radius 3 is 1.50 bits per heavy atom. The van der Waals surface area contributed by atoms with Crippen LogP contribution >= 0.6 is 0 Å². The molecule has 0 rings (SSSR count). The summed E-state index contributed by atoms with van der Waals surface area (Å²) in [6.07, 6.45) is 16.1. The molecule has 0 radical (unpaired) electrons. The molecule has 22 heavy (non-hydrogen) atoms. The highest BCUT2D eigenvalue weighted by Gasteiger charge is 1.96. The van der Waals surface area contributed by atoms with Crippen molar-refractivity contribution >= 4 is 5.97 Å². The molecule has 0 aromatic heterocycles. The first-order valence-electron chi connectivity index (χ1n) is 9.05. The standard InChI is InChI=1S/C19H34O3/c20-18-16-14-12-10-8-6-4-2-1-3-5-7-9-11-13-15-17-19(21)22/h20H,1-5,7,9-18H2,(H,21,22). The van der Waals surface area contributed by atoms with Crippen molar-refractivity contribution in [2.45, 2.75) is 96.3 Å². The van der Waals surface area contributed by atoms with Gasteiger partial charge in [0.2, 0.25) is 0 Å². The molecule has 3 heteroatoms.